The highest BCUT2D eigenvalue weighted by atomic mass is 16.3. The highest BCUT2D eigenvalue weighted by Gasteiger charge is 2.14. The lowest BCUT2D eigenvalue weighted by atomic mass is 9.99. The molecule has 13 heavy (non-hydrogen) atoms. The second-order valence-corrected chi connectivity index (χ2v) is 3.07. The van der Waals surface area contributed by atoms with Crippen LogP contribution in [0.15, 0.2) is 12.1 Å². The molecule has 0 aliphatic heterocycles. The number of hydrogen-bond acceptors (Lipinski definition) is 3. The Morgan fingerprint density at radius 2 is 1.92 bits per heavy atom. The molecule has 3 nitrogen and oxygen atoms in total. The molecule has 0 aliphatic carbocycles. The van der Waals surface area contributed by atoms with Gasteiger partial charge in [0.15, 0.2) is 0 Å². The lowest BCUT2D eigenvalue weighted by Crippen LogP contribution is -2.09. The third-order valence-electron chi connectivity index (χ3n) is 2.09. The molecule has 0 saturated heterocycles. The van der Waals surface area contributed by atoms with E-state index in [4.69, 9.17) is 11.0 Å². The van der Waals surface area contributed by atoms with Gasteiger partial charge in [-0.1, -0.05) is 12.1 Å². The third kappa shape index (κ3) is 1.63. The van der Waals surface area contributed by atoms with Gasteiger partial charge in [0.1, 0.15) is 11.8 Å². The molecule has 1 rings (SSSR count). The fourth-order valence-electron chi connectivity index (χ4n) is 1.28. The number of nitriles is 1. The normalized spacial score (nSPS) is 12.2. The first-order chi connectivity index (χ1) is 6.07. The van der Waals surface area contributed by atoms with Crippen LogP contribution < -0.4 is 5.73 Å². The largest absolute Gasteiger partial charge is 0.507 e. The van der Waals surface area contributed by atoms with Gasteiger partial charge in [-0.3, -0.25) is 0 Å². The van der Waals surface area contributed by atoms with E-state index in [0.29, 0.717) is 5.56 Å². The molecule has 0 heterocycles. The van der Waals surface area contributed by atoms with Gasteiger partial charge in [0.05, 0.1) is 6.07 Å². The summed E-state index contributed by atoms with van der Waals surface area (Å²) >= 11 is 0. The summed E-state index contributed by atoms with van der Waals surface area (Å²) in [6.07, 6.45) is 0. The van der Waals surface area contributed by atoms with Crippen LogP contribution in [-0.4, -0.2) is 5.11 Å². The zero-order valence-electron chi connectivity index (χ0n) is 7.70. The average Bonchev–Trinajstić information content (AvgIpc) is 2.12. The summed E-state index contributed by atoms with van der Waals surface area (Å²) in [5, 5.41) is 18.3. The van der Waals surface area contributed by atoms with E-state index in [0.717, 1.165) is 11.1 Å². The molecule has 1 atom stereocenters. The first kappa shape index (κ1) is 9.56. The van der Waals surface area contributed by atoms with Crippen LogP contribution in [0.2, 0.25) is 0 Å². The van der Waals surface area contributed by atoms with Gasteiger partial charge < -0.3 is 10.8 Å². The summed E-state index contributed by atoms with van der Waals surface area (Å²) in [4.78, 5) is 0. The second kappa shape index (κ2) is 3.46. The number of aryl methyl sites for hydroxylation is 2. The molecule has 0 radical (unpaired) electrons. The molecule has 1 aromatic rings. The third-order valence-corrected chi connectivity index (χ3v) is 2.09. The van der Waals surface area contributed by atoms with Crippen LogP contribution in [-0.2, 0) is 0 Å². The van der Waals surface area contributed by atoms with Crippen LogP contribution in [0.4, 0.5) is 0 Å². The van der Waals surface area contributed by atoms with E-state index in [2.05, 4.69) is 0 Å². The van der Waals surface area contributed by atoms with Gasteiger partial charge in [0, 0.05) is 5.56 Å². The smallest absolute Gasteiger partial charge is 0.124 e. The first-order valence-electron chi connectivity index (χ1n) is 4.02. The van der Waals surface area contributed by atoms with Gasteiger partial charge >= 0.3 is 0 Å². The molecule has 0 amide bonds. The number of nitrogens with zero attached hydrogens (tertiary/aromatic N) is 1. The van der Waals surface area contributed by atoms with Crippen molar-refractivity contribution in [3.63, 3.8) is 0 Å². The Morgan fingerprint density at radius 1 is 1.38 bits per heavy atom. The Labute approximate surface area is 77.4 Å². The average molecular weight is 176 g/mol. The van der Waals surface area contributed by atoms with Crippen LogP contribution in [0, 0.1) is 25.2 Å². The van der Waals surface area contributed by atoms with E-state index in [9.17, 15) is 5.11 Å². The second-order valence-electron chi connectivity index (χ2n) is 3.07. The standard InChI is InChI=1S/C10H12N2O/c1-6-3-4-7(2)10(13)9(6)8(12)5-11/h3-4,8,13H,12H2,1-2H3. The molecule has 68 valence electrons. The van der Waals surface area contributed by atoms with Crippen molar-refractivity contribution in [3.05, 3.63) is 28.8 Å². The maximum absolute atomic E-state index is 9.65. The molecule has 0 bridgehead atoms. The summed E-state index contributed by atoms with van der Waals surface area (Å²) < 4.78 is 0. The number of nitrogens with two attached hydrogens (primary N) is 1. The minimum absolute atomic E-state index is 0.133. The van der Waals surface area contributed by atoms with E-state index in [1.807, 2.05) is 19.1 Å². The van der Waals surface area contributed by atoms with E-state index >= 15 is 0 Å². The maximum atomic E-state index is 9.65. The van der Waals surface area contributed by atoms with Crippen molar-refractivity contribution in [2.45, 2.75) is 19.9 Å². The Balaban J connectivity index is 3.35. The Morgan fingerprint density at radius 3 is 2.46 bits per heavy atom. The molecule has 1 aromatic carbocycles. The summed E-state index contributed by atoms with van der Waals surface area (Å²) in [7, 11) is 0. The van der Waals surface area contributed by atoms with Crippen molar-refractivity contribution in [2.75, 3.05) is 0 Å². The van der Waals surface area contributed by atoms with Gasteiger partial charge in [-0.25, -0.2) is 0 Å². The van der Waals surface area contributed by atoms with Gasteiger partial charge in [-0.15, -0.1) is 0 Å². The van der Waals surface area contributed by atoms with Crippen molar-refractivity contribution in [2.24, 2.45) is 5.73 Å². The number of phenolic OH excluding ortho intramolecular Hbond substituents is 1. The molecular weight excluding hydrogens is 164 g/mol. The molecule has 0 spiro atoms. The lowest BCUT2D eigenvalue weighted by molar-refractivity contribution is 0.461. The van der Waals surface area contributed by atoms with Crippen LogP contribution >= 0.6 is 0 Å². The summed E-state index contributed by atoms with van der Waals surface area (Å²) in [6.45, 7) is 3.61. The SMILES string of the molecule is Cc1ccc(C)c(C(N)C#N)c1O. The first-order valence-corrected chi connectivity index (χ1v) is 4.02. The Hall–Kier alpha value is -1.53. The van der Waals surface area contributed by atoms with Crippen molar-refractivity contribution < 1.29 is 5.11 Å². The zero-order chi connectivity index (χ0) is 10.0. The molecule has 0 aliphatic rings. The summed E-state index contributed by atoms with van der Waals surface area (Å²) in [5.41, 5.74) is 7.66. The van der Waals surface area contributed by atoms with Gasteiger partial charge in [0.2, 0.25) is 0 Å². The van der Waals surface area contributed by atoms with Crippen molar-refractivity contribution in [3.8, 4) is 11.8 Å². The van der Waals surface area contributed by atoms with Gasteiger partial charge in [0.25, 0.3) is 0 Å². The number of hydrogen-bond donors (Lipinski definition) is 2. The molecule has 0 fully saturated rings. The van der Waals surface area contributed by atoms with Crippen LogP contribution in [0.1, 0.15) is 22.7 Å². The Bertz CT molecular complexity index is 366. The van der Waals surface area contributed by atoms with E-state index in [-0.39, 0.29) is 5.75 Å². The maximum Gasteiger partial charge on any atom is 0.124 e. The topological polar surface area (TPSA) is 70.0 Å². The fourth-order valence-corrected chi connectivity index (χ4v) is 1.28. The summed E-state index contributed by atoms with van der Waals surface area (Å²) in [6, 6.07) is 4.81. The predicted molar refractivity (Wildman–Crippen MR) is 50.1 cm³/mol. The van der Waals surface area contributed by atoms with E-state index < -0.39 is 6.04 Å². The van der Waals surface area contributed by atoms with Gasteiger partial charge in [-0.2, -0.15) is 5.26 Å². The number of aromatic hydroxyl groups is 1. The number of phenols is 1. The number of rotatable bonds is 1. The van der Waals surface area contributed by atoms with Crippen LogP contribution in [0.3, 0.4) is 0 Å². The highest BCUT2D eigenvalue weighted by molar-refractivity contribution is 5.47. The molecular formula is C10H12N2O. The minimum Gasteiger partial charge on any atom is -0.507 e. The molecule has 3 N–H and O–H groups in total. The van der Waals surface area contributed by atoms with E-state index in [1.165, 1.54) is 0 Å². The van der Waals surface area contributed by atoms with Crippen molar-refractivity contribution in [1.82, 2.24) is 0 Å². The lowest BCUT2D eigenvalue weighted by Gasteiger charge is -2.11. The highest BCUT2D eigenvalue weighted by Crippen LogP contribution is 2.29. The van der Waals surface area contributed by atoms with E-state index in [1.54, 1.807) is 13.0 Å². The monoisotopic (exact) mass is 176 g/mol. The van der Waals surface area contributed by atoms with Crippen molar-refractivity contribution >= 4 is 0 Å². The molecule has 0 aromatic heterocycles. The molecule has 0 saturated carbocycles. The molecule has 1 unspecified atom stereocenters. The Kier molecular flexibility index (Phi) is 2.54. The van der Waals surface area contributed by atoms with Crippen LogP contribution in [0.25, 0.3) is 0 Å². The zero-order valence-corrected chi connectivity index (χ0v) is 7.70. The predicted octanol–water partition coefficient (Wildman–Crippen LogP) is 1.53. The quantitative estimate of drug-likeness (QED) is 0.681. The molecule has 3 heteroatoms. The van der Waals surface area contributed by atoms with Crippen LogP contribution in [0.5, 0.6) is 5.75 Å². The van der Waals surface area contributed by atoms with Crippen molar-refractivity contribution in [1.29, 1.82) is 5.26 Å². The summed E-state index contributed by atoms with van der Waals surface area (Å²) in [5.74, 6) is 0.133. The van der Waals surface area contributed by atoms with Gasteiger partial charge in [-0.05, 0) is 25.0 Å². The minimum atomic E-state index is -0.750. The number of benzene rings is 1. The fraction of sp³-hybridized carbons (Fsp3) is 0.300.